The molecule has 0 bridgehead atoms. The van der Waals surface area contributed by atoms with Crippen LogP contribution in [0, 0.1) is 0 Å². The molecule has 0 saturated carbocycles. The molecule has 0 fully saturated rings. The minimum Gasteiger partial charge on any atom is -0.399 e. The third kappa shape index (κ3) is 3.43. The molecular formula is C16H14ClN3OS. The number of carbonyl (C=O) groups excluding carboxylic acids is 1. The molecule has 0 atom stereocenters. The first-order valence-electron chi connectivity index (χ1n) is 6.74. The van der Waals surface area contributed by atoms with Crippen molar-refractivity contribution in [2.45, 2.75) is 6.54 Å². The number of carbonyl (C=O) groups is 1. The highest BCUT2D eigenvalue weighted by molar-refractivity contribution is 8.14. The Balaban J connectivity index is 1.84. The van der Waals surface area contributed by atoms with Gasteiger partial charge in [-0.3, -0.25) is 4.79 Å². The summed E-state index contributed by atoms with van der Waals surface area (Å²) in [6.45, 7) is 0.411. The number of amides is 1. The van der Waals surface area contributed by atoms with Crippen LogP contribution in [0.25, 0.3) is 0 Å². The number of nitrogens with two attached hydrogens (primary N) is 1. The van der Waals surface area contributed by atoms with Gasteiger partial charge in [0.15, 0.2) is 0 Å². The second-order valence-electron chi connectivity index (χ2n) is 4.91. The molecule has 1 aliphatic heterocycles. The van der Waals surface area contributed by atoms with Gasteiger partial charge >= 0.3 is 5.24 Å². The number of hydrogen-bond acceptors (Lipinski definition) is 4. The number of benzene rings is 2. The highest BCUT2D eigenvalue weighted by Crippen LogP contribution is 2.22. The van der Waals surface area contributed by atoms with Crippen molar-refractivity contribution >= 4 is 40.0 Å². The Kier molecular flexibility index (Phi) is 4.36. The van der Waals surface area contributed by atoms with Gasteiger partial charge in [-0.25, -0.2) is 5.01 Å². The molecule has 2 aromatic carbocycles. The van der Waals surface area contributed by atoms with Crippen LogP contribution in [-0.4, -0.2) is 21.7 Å². The quantitative estimate of drug-likeness (QED) is 0.865. The summed E-state index contributed by atoms with van der Waals surface area (Å²) in [6.07, 6.45) is 0. The second kappa shape index (κ2) is 6.42. The van der Waals surface area contributed by atoms with Crippen molar-refractivity contribution in [1.82, 2.24) is 5.01 Å². The van der Waals surface area contributed by atoms with Crippen LogP contribution in [0.5, 0.6) is 0 Å². The van der Waals surface area contributed by atoms with Crippen LogP contribution in [0.15, 0.2) is 53.6 Å². The SMILES string of the molecule is Nc1cccc(CN2N=C(c3ccc(Cl)cc3)CSC2=O)c1. The third-order valence-corrected chi connectivity index (χ3v) is 4.37. The van der Waals surface area contributed by atoms with Crippen molar-refractivity contribution in [2.75, 3.05) is 11.5 Å². The molecule has 4 nitrogen and oxygen atoms in total. The fraction of sp³-hybridized carbons (Fsp3) is 0.125. The Labute approximate surface area is 137 Å². The van der Waals surface area contributed by atoms with E-state index in [1.165, 1.54) is 16.8 Å². The topological polar surface area (TPSA) is 58.7 Å². The number of hydrazone groups is 1. The van der Waals surface area contributed by atoms with Gasteiger partial charge in [0.2, 0.25) is 0 Å². The summed E-state index contributed by atoms with van der Waals surface area (Å²) < 4.78 is 0. The molecule has 1 amide bonds. The number of rotatable bonds is 3. The van der Waals surface area contributed by atoms with Crippen molar-refractivity contribution < 1.29 is 4.79 Å². The van der Waals surface area contributed by atoms with Gasteiger partial charge in [-0.05, 0) is 35.4 Å². The molecule has 112 valence electrons. The highest BCUT2D eigenvalue weighted by atomic mass is 35.5. The first-order valence-corrected chi connectivity index (χ1v) is 8.10. The van der Waals surface area contributed by atoms with E-state index < -0.39 is 0 Å². The van der Waals surface area contributed by atoms with Crippen LogP contribution in [-0.2, 0) is 6.54 Å². The molecule has 6 heteroatoms. The normalized spacial score (nSPS) is 14.9. The third-order valence-electron chi connectivity index (χ3n) is 3.25. The molecule has 2 aromatic rings. The van der Waals surface area contributed by atoms with Crippen LogP contribution in [0.1, 0.15) is 11.1 Å². The number of nitrogens with zero attached hydrogens (tertiary/aromatic N) is 2. The number of halogens is 1. The Morgan fingerprint density at radius 1 is 1.23 bits per heavy atom. The minimum atomic E-state index is -0.0554. The van der Waals surface area contributed by atoms with E-state index in [0.29, 0.717) is 23.0 Å². The summed E-state index contributed by atoms with van der Waals surface area (Å²) in [5.74, 6) is 0.563. The number of nitrogen functional groups attached to an aromatic ring is 1. The van der Waals surface area contributed by atoms with Crippen LogP contribution in [0.3, 0.4) is 0 Å². The van der Waals surface area contributed by atoms with E-state index in [4.69, 9.17) is 17.3 Å². The highest BCUT2D eigenvalue weighted by Gasteiger charge is 2.22. The van der Waals surface area contributed by atoms with Crippen molar-refractivity contribution in [2.24, 2.45) is 5.10 Å². The lowest BCUT2D eigenvalue weighted by atomic mass is 10.1. The van der Waals surface area contributed by atoms with Gasteiger partial charge in [0.1, 0.15) is 0 Å². The summed E-state index contributed by atoms with van der Waals surface area (Å²) in [5, 5.41) is 6.59. The number of thioether (sulfide) groups is 1. The molecule has 1 heterocycles. The second-order valence-corrected chi connectivity index (χ2v) is 6.27. The van der Waals surface area contributed by atoms with E-state index >= 15 is 0 Å². The van der Waals surface area contributed by atoms with Crippen molar-refractivity contribution in [3.05, 3.63) is 64.7 Å². The van der Waals surface area contributed by atoms with Crippen molar-refractivity contribution in [3.8, 4) is 0 Å². The average molecular weight is 332 g/mol. The summed E-state index contributed by atoms with van der Waals surface area (Å²) >= 11 is 7.15. The Bertz CT molecular complexity index is 730. The Morgan fingerprint density at radius 2 is 2.00 bits per heavy atom. The lowest BCUT2D eigenvalue weighted by molar-refractivity contribution is 0.222. The molecule has 0 aliphatic carbocycles. The van der Waals surface area contributed by atoms with Gasteiger partial charge < -0.3 is 5.73 Å². The lowest BCUT2D eigenvalue weighted by Gasteiger charge is -2.23. The first-order chi connectivity index (χ1) is 10.6. The summed E-state index contributed by atoms with van der Waals surface area (Å²) in [5.41, 5.74) is 9.24. The zero-order valence-electron chi connectivity index (χ0n) is 11.7. The van der Waals surface area contributed by atoms with Crippen LogP contribution in [0.4, 0.5) is 10.5 Å². The van der Waals surface area contributed by atoms with Gasteiger partial charge in [-0.2, -0.15) is 5.10 Å². The van der Waals surface area contributed by atoms with Gasteiger partial charge in [-0.1, -0.05) is 47.6 Å². The van der Waals surface area contributed by atoms with E-state index in [9.17, 15) is 4.79 Å². The van der Waals surface area contributed by atoms with Gasteiger partial charge in [0.25, 0.3) is 0 Å². The van der Waals surface area contributed by atoms with E-state index in [0.717, 1.165) is 16.8 Å². The molecule has 3 rings (SSSR count). The lowest BCUT2D eigenvalue weighted by Crippen LogP contribution is -2.29. The number of anilines is 1. The standard InChI is InChI=1S/C16H14ClN3OS/c17-13-6-4-12(5-7-13)15-10-22-16(21)20(19-15)9-11-2-1-3-14(18)8-11/h1-8H,9-10,18H2. The fourth-order valence-corrected chi connectivity index (χ4v) is 3.03. The van der Waals surface area contributed by atoms with Crippen LogP contribution in [0.2, 0.25) is 5.02 Å². The van der Waals surface area contributed by atoms with Crippen molar-refractivity contribution in [1.29, 1.82) is 0 Å². The molecule has 22 heavy (non-hydrogen) atoms. The number of hydrogen-bond donors (Lipinski definition) is 1. The van der Waals surface area contributed by atoms with Gasteiger partial charge in [0, 0.05) is 16.5 Å². The maximum absolute atomic E-state index is 12.0. The molecule has 0 unspecified atom stereocenters. The predicted molar refractivity (Wildman–Crippen MR) is 92.2 cm³/mol. The molecule has 2 N–H and O–H groups in total. The fourth-order valence-electron chi connectivity index (χ4n) is 2.17. The van der Waals surface area contributed by atoms with E-state index in [1.54, 1.807) is 0 Å². The zero-order valence-corrected chi connectivity index (χ0v) is 13.3. The molecule has 0 spiro atoms. The Hall–Kier alpha value is -1.98. The molecular weight excluding hydrogens is 318 g/mol. The van der Waals surface area contributed by atoms with Crippen molar-refractivity contribution in [3.63, 3.8) is 0 Å². The van der Waals surface area contributed by atoms with Crippen LogP contribution < -0.4 is 5.73 Å². The maximum Gasteiger partial charge on any atom is 0.302 e. The molecule has 0 aromatic heterocycles. The summed E-state index contributed by atoms with van der Waals surface area (Å²) in [7, 11) is 0. The van der Waals surface area contributed by atoms with Gasteiger partial charge in [0.05, 0.1) is 12.3 Å². The molecule has 0 saturated heterocycles. The largest absolute Gasteiger partial charge is 0.399 e. The smallest absolute Gasteiger partial charge is 0.302 e. The summed E-state index contributed by atoms with van der Waals surface area (Å²) in [6, 6.07) is 14.9. The minimum absolute atomic E-state index is 0.0554. The van der Waals surface area contributed by atoms with Gasteiger partial charge in [-0.15, -0.1) is 0 Å². The first kappa shape index (κ1) is 14.9. The molecule has 1 aliphatic rings. The Morgan fingerprint density at radius 3 is 2.73 bits per heavy atom. The predicted octanol–water partition coefficient (Wildman–Crippen LogP) is 4.00. The summed E-state index contributed by atoms with van der Waals surface area (Å²) in [4.78, 5) is 12.0. The monoisotopic (exact) mass is 331 g/mol. The molecule has 0 radical (unpaired) electrons. The average Bonchev–Trinajstić information content (AvgIpc) is 2.50. The van der Waals surface area contributed by atoms with E-state index in [-0.39, 0.29) is 5.24 Å². The zero-order chi connectivity index (χ0) is 15.5. The maximum atomic E-state index is 12.0. The van der Waals surface area contributed by atoms with E-state index in [1.807, 2.05) is 48.5 Å². The van der Waals surface area contributed by atoms with E-state index in [2.05, 4.69) is 5.10 Å². The van der Waals surface area contributed by atoms with Crippen LogP contribution >= 0.6 is 23.4 Å².